The summed E-state index contributed by atoms with van der Waals surface area (Å²) in [6, 6.07) is 1.57. The van der Waals surface area contributed by atoms with Gasteiger partial charge in [-0.1, -0.05) is 11.6 Å². The minimum Gasteiger partial charge on any atom is -0.479 e. The van der Waals surface area contributed by atoms with Crippen LogP contribution in [0.15, 0.2) is 12.1 Å². The van der Waals surface area contributed by atoms with Gasteiger partial charge >= 0.3 is 12.1 Å². The molecule has 0 saturated carbocycles. The van der Waals surface area contributed by atoms with E-state index >= 15 is 0 Å². The van der Waals surface area contributed by atoms with Crippen LogP contribution in [0.25, 0.3) is 0 Å². The van der Waals surface area contributed by atoms with Crippen molar-refractivity contribution in [2.24, 2.45) is 0 Å². The number of nitrogens with two attached hydrogens (primary N) is 1. The van der Waals surface area contributed by atoms with Gasteiger partial charge in [-0.05, 0) is 12.1 Å². The minimum absolute atomic E-state index is 0.168. The summed E-state index contributed by atoms with van der Waals surface area (Å²) in [4.78, 5) is 10.5. The van der Waals surface area contributed by atoms with Crippen molar-refractivity contribution in [2.45, 2.75) is 12.3 Å². The number of halogens is 4. The zero-order valence-electron chi connectivity index (χ0n) is 8.12. The van der Waals surface area contributed by atoms with E-state index in [0.29, 0.717) is 0 Å². The van der Waals surface area contributed by atoms with E-state index in [-0.39, 0.29) is 5.69 Å². The molecule has 0 saturated heterocycles. The van der Waals surface area contributed by atoms with Crippen molar-refractivity contribution in [3.05, 3.63) is 28.3 Å². The molecule has 0 aliphatic rings. The van der Waals surface area contributed by atoms with Crippen LogP contribution in [0, 0.1) is 0 Å². The van der Waals surface area contributed by atoms with Crippen LogP contribution in [0.3, 0.4) is 0 Å². The summed E-state index contributed by atoms with van der Waals surface area (Å²) in [6.07, 6.45) is -7.22. The fraction of sp³-hybridized carbons (Fsp3) is 0.222. The van der Waals surface area contributed by atoms with Crippen LogP contribution in [0.5, 0.6) is 0 Å². The number of benzene rings is 1. The maximum Gasteiger partial charge on any atom is 0.418 e. The fourth-order valence-corrected chi connectivity index (χ4v) is 1.64. The maximum absolute atomic E-state index is 12.6. The quantitative estimate of drug-likeness (QED) is 0.718. The van der Waals surface area contributed by atoms with Crippen molar-refractivity contribution in [2.75, 3.05) is 5.73 Å². The Kier molecular flexibility index (Phi) is 3.53. The van der Waals surface area contributed by atoms with E-state index in [9.17, 15) is 23.1 Å². The van der Waals surface area contributed by atoms with Crippen molar-refractivity contribution < 1.29 is 28.2 Å². The highest BCUT2D eigenvalue weighted by atomic mass is 35.5. The van der Waals surface area contributed by atoms with Crippen molar-refractivity contribution in [3.63, 3.8) is 0 Å². The van der Waals surface area contributed by atoms with Gasteiger partial charge in [-0.15, -0.1) is 0 Å². The highest BCUT2D eigenvalue weighted by Gasteiger charge is 2.39. The molecule has 0 aromatic heterocycles. The lowest BCUT2D eigenvalue weighted by Crippen LogP contribution is -2.18. The van der Waals surface area contributed by atoms with Gasteiger partial charge in [0.05, 0.1) is 10.6 Å². The van der Waals surface area contributed by atoms with Gasteiger partial charge in [0.25, 0.3) is 0 Å². The van der Waals surface area contributed by atoms with E-state index in [1.54, 1.807) is 0 Å². The molecule has 0 bridgehead atoms. The Balaban J connectivity index is 3.52. The second-order valence-corrected chi connectivity index (χ2v) is 3.61. The van der Waals surface area contributed by atoms with E-state index in [1.807, 2.05) is 0 Å². The molecule has 1 atom stereocenters. The number of carboxylic acid groups (broad SMARTS) is 1. The molecule has 17 heavy (non-hydrogen) atoms. The SMILES string of the molecule is Nc1cc(Cl)c(C(F)(F)F)c(C(O)C(=O)O)c1. The zero-order valence-corrected chi connectivity index (χ0v) is 8.88. The molecule has 0 aliphatic heterocycles. The molecule has 1 aromatic rings. The number of hydrogen-bond acceptors (Lipinski definition) is 3. The third-order valence-electron chi connectivity index (χ3n) is 1.96. The van der Waals surface area contributed by atoms with Crippen molar-refractivity contribution >= 4 is 23.3 Å². The van der Waals surface area contributed by atoms with E-state index < -0.39 is 34.4 Å². The summed E-state index contributed by atoms with van der Waals surface area (Å²) in [7, 11) is 0. The average molecular weight is 270 g/mol. The van der Waals surface area contributed by atoms with Crippen LogP contribution < -0.4 is 5.73 Å². The van der Waals surface area contributed by atoms with Gasteiger partial charge in [0.2, 0.25) is 0 Å². The first-order valence-corrected chi connectivity index (χ1v) is 4.59. The summed E-state index contributed by atoms with van der Waals surface area (Å²) in [5.74, 6) is -1.82. The molecule has 1 unspecified atom stereocenters. The fourth-order valence-electron chi connectivity index (χ4n) is 1.30. The summed E-state index contributed by atoms with van der Waals surface area (Å²) in [5, 5.41) is 16.9. The number of aliphatic carboxylic acids is 1. The molecule has 4 nitrogen and oxygen atoms in total. The number of aliphatic hydroxyl groups is 1. The minimum atomic E-state index is -4.88. The third-order valence-corrected chi connectivity index (χ3v) is 2.25. The molecule has 8 heteroatoms. The second-order valence-electron chi connectivity index (χ2n) is 3.21. The van der Waals surface area contributed by atoms with Gasteiger partial charge in [0, 0.05) is 11.3 Å². The Morgan fingerprint density at radius 3 is 2.35 bits per heavy atom. The Bertz CT molecular complexity index is 462. The lowest BCUT2D eigenvalue weighted by atomic mass is 10.0. The maximum atomic E-state index is 12.6. The summed E-state index contributed by atoms with van der Waals surface area (Å²) < 4.78 is 37.9. The monoisotopic (exact) mass is 269 g/mol. The van der Waals surface area contributed by atoms with Gasteiger partial charge in [-0.2, -0.15) is 13.2 Å². The normalized spacial score (nSPS) is 13.5. The molecule has 0 spiro atoms. The van der Waals surface area contributed by atoms with E-state index in [1.165, 1.54) is 0 Å². The van der Waals surface area contributed by atoms with Crippen LogP contribution in [-0.2, 0) is 11.0 Å². The highest BCUT2D eigenvalue weighted by molar-refractivity contribution is 6.31. The van der Waals surface area contributed by atoms with E-state index in [2.05, 4.69) is 0 Å². The first-order valence-electron chi connectivity index (χ1n) is 4.21. The Morgan fingerprint density at radius 2 is 1.94 bits per heavy atom. The summed E-state index contributed by atoms with van der Waals surface area (Å²) in [5.41, 5.74) is 2.81. The Morgan fingerprint density at radius 1 is 1.41 bits per heavy atom. The molecular weight excluding hydrogens is 263 g/mol. The molecule has 4 N–H and O–H groups in total. The van der Waals surface area contributed by atoms with Gasteiger partial charge in [0.1, 0.15) is 0 Å². The van der Waals surface area contributed by atoms with Crippen LogP contribution in [0.4, 0.5) is 18.9 Å². The van der Waals surface area contributed by atoms with Crippen molar-refractivity contribution in [1.29, 1.82) is 0 Å². The largest absolute Gasteiger partial charge is 0.479 e. The molecule has 1 aromatic carbocycles. The number of rotatable bonds is 2. The average Bonchev–Trinajstić information content (AvgIpc) is 2.12. The van der Waals surface area contributed by atoms with Crippen LogP contribution >= 0.6 is 11.6 Å². The van der Waals surface area contributed by atoms with E-state index in [4.69, 9.17) is 22.4 Å². The van der Waals surface area contributed by atoms with Gasteiger partial charge < -0.3 is 15.9 Å². The molecular formula is C9H7ClF3NO3. The molecule has 0 amide bonds. The van der Waals surface area contributed by atoms with Crippen molar-refractivity contribution in [1.82, 2.24) is 0 Å². The number of anilines is 1. The summed E-state index contributed by atoms with van der Waals surface area (Å²) in [6.45, 7) is 0. The number of alkyl halides is 3. The second kappa shape index (κ2) is 4.42. The first-order chi connectivity index (χ1) is 7.64. The smallest absolute Gasteiger partial charge is 0.418 e. The number of carbonyl (C=O) groups is 1. The Labute approximate surface area is 98.4 Å². The number of hydrogen-bond donors (Lipinski definition) is 3. The lowest BCUT2D eigenvalue weighted by Gasteiger charge is -2.17. The van der Waals surface area contributed by atoms with Crippen LogP contribution in [-0.4, -0.2) is 16.2 Å². The first kappa shape index (κ1) is 13.6. The van der Waals surface area contributed by atoms with Crippen LogP contribution in [0.1, 0.15) is 17.2 Å². The predicted molar refractivity (Wildman–Crippen MR) is 53.5 cm³/mol. The van der Waals surface area contributed by atoms with Crippen molar-refractivity contribution in [3.8, 4) is 0 Å². The van der Waals surface area contributed by atoms with Gasteiger partial charge in [0.15, 0.2) is 6.10 Å². The van der Waals surface area contributed by atoms with Gasteiger partial charge in [-0.3, -0.25) is 0 Å². The molecule has 94 valence electrons. The molecule has 0 radical (unpaired) electrons. The zero-order chi connectivity index (χ0) is 13.4. The molecule has 1 rings (SSSR count). The summed E-state index contributed by atoms with van der Waals surface area (Å²) >= 11 is 5.36. The molecule has 0 aliphatic carbocycles. The third kappa shape index (κ3) is 2.80. The number of nitrogen functional groups attached to an aromatic ring is 1. The van der Waals surface area contributed by atoms with Crippen LogP contribution in [0.2, 0.25) is 5.02 Å². The Hall–Kier alpha value is -1.47. The molecule has 0 fully saturated rings. The number of aliphatic hydroxyl groups excluding tert-OH is 1. The van der Waals surface area contributed by atoms with E-state index in [0.717, 1.165) is 12.1 Å². The molecule has 0 heterocycles. The lowest BCUT2D eigenvalue weighted by molar-refractivity contribution is -0.149. The predicted octanol–water partition coefficient (Wildman–Crippen LogP) is 2.06. The highest BCUT2D eigenvalue weighted by Crippen LogP contribution is 2.40. The van der Waals surface area contributed by atoms with Gasteiger partial charge in [-0.25, -0.2) is 4.79 Å². The standard InChI is InChI=1S/C9H7ClF3NO3/c10-5-2-3(14)1-4(7(15)8(16)17)6(5)9(11,12)13/h1-2,7,15H,14H2,(H,16,17). The number of carboxylic acids is 1. The topological polar surface area (TPSA) is 83.5 Å².